The number of rotatable bonds is 7. The molecule has 0 radical (unpaired) electrons. The molecule has 0 saturated carbocycles. The van der Waals surface area contributed by atoms with Crippen molar-refractivity contribution in [3.63, 3.8) is 0 Å². The molecule has 0 spiro atoms. The standard InChI is InChI=1S/C19H21NO4/c1-13(2)24-12-14-7-9-15(10-8-14)19(23)20-17-6-4-3-5-16(17)11-18(21)22/h3-10,13H,11-12H2,1-2H3,(H,20,23)(H,21,22). The van der Waals surface area contributed by atoms with Crippen molar-refractivity contribution in [2.45, 2.75) is 33.0 Å². The summed E-state index contributed by atoms with van der Waals surface area (Å²) < 4.78 is 5.52. The molecular formula is C19H21NO4. The topological polar surface area (TPSA) is 75.6 Å². The molecule has 24 heavy (non-hydrogen) atoms. The zero-order valence-corrected chi connectivity index (χ0v) is 13.8. The molecule has 0 unspecified atom stereocenters. The smallest absolute Gasteiger partial charge is 0.307 e. The number of amides is 1. The predicted octanol–water partition coefficient (Wildman–Crippen LogP) is 3.49. The number of carbonyl (C=O) groups is 2. The molecule has 0 aliphatic heterocycles. The van der Waals surface area contributed by atoms with Crippen molar-refractivity contribution < 1.29 is 19.4 Å². The molecule has 0 aromatic heterocycles. The summed E-state index contributed by atoms with van der Waals surface area (Å²) in [5.41, 5.74) is 2.58. The Hall–Kier alpha value is -2.66. The Bertz CT molecular complexity index is 708. The van der Waals surface area contributed by atoms with Crippen molar-refractivity contribution in [1.29, 1.82) is 0 Å². The first-order valence-corrected chi connectivity index (χ1v) is 7.77. The molecule has 0 heterocycles. The monoisotopic (exact) mass is 327 g/mol. The highest BCUT2D eigenvalue weighted by atomic mass is 16.5. The van der Waals surface area contributed by atoms with E-state index in [1.165, 1.54) is 0 Å². The molecule has 0 aliphatic rings. The van der Waals surface area contributed by atoms with Gasteiger partial charge in [-0.25, -0.2) is 0 Å². The molecule has 0 aliphatic carbocycles. The summed E-state index contributed by atoms with van der Waals surface area (Å²) in [6.07, 6.45) is 0.0146. The molecule has 5 heteroatoms. The minimum Gasteiger partial charge on any atom is -0.481 e. The third kappa shape index (κ3) is 5.21. The van der Waals surface area contributed by atoms with Gasteiger partial charge in [-0.1, -0.05) is 30.3 Å². The maximum Gasteiger partial charge on any atom is 0.307 e. The number of nitrogens with one attached hydrogen (secondary N) is 1. The van der Waals surface area contributed by atoms with Crippen LogP contribution in [0.4, 0.5) is 5.69 Å². The fraction of sp³-hybridized carbons (Fsp3) is 0.263. The fourth-order valence-corrected chi connectivity index (χ4v) is 2.17. The fourth-order valence-electron chi connectivity index (χ4n) is 2.17. The van der Waals surface area contributed by atoms with Crippen LogP contribution in [0.2, 0.25) is 0 Å². The third-order valence-electron chi connectivity index (χ3n) is 3.41. The van der Waals surface area contributed by atoms with E-state index in [1.54, 1.807) is 36.4 Å². The summed E-state index contributed by atoms with van der Waals surface area (Å²) in [7, 11) is 0. The maximum absolute atomic E-state index is 12.3. The number of anilines is 1. The molecule has 2 rings (SSSR count). The van der Waals surface area contributed by atoms with Crippen LogP contribution in [0.15, 0.2) is 48.5 Å². The van der Waals surface area contributed by atoms with Gasteiger partial charge in [0.05, 0.1) is 19.1 Å². The van der Waals surface area contributed by atoms with Crippen molar-refractivity contribution in [2.75, 3.05) is 5.32 Å². The van der Waals surface area contributed by atoms with Crippen molar-refractivity contribution >= 4 is 17.6 Å². The number of para-hydroxylation sites is 1. The van der Waals surface area contributed by atoms with E-state index in [0.29, 0.717) is 23.4 Å². The summed E-state index contributed by atoms with van der Waals surface area (Å²) in [6, 6.07) is 14.0. The van der Waals surface area contributed by atoms with Crippen LogP contribution < -0.4 is 5.32 Å². The van der Waals surface area contributed by atoms with Gasteiger partial charge in [-0.3, -0.25) is 9.59 Å². The van der Waals surface area contributed by atoms with E-state index < -0.39 is 5.97 Å². The Morgan fingerprint density at radius 3 is 2.38 bits per heavy atom. The van der Waals surface area contributed by atoms with Crippen LogP contribution in [0, 0.1) is 0 Å². The van der Waals surface area contributed by atoms with Gasteiger partial charge in [0.15, 0.2) is 0 Å². The van der Waals surface area contributed by atoms with Crippen molar-refractivity contribution in [1.82, 2.24) is 0 Å². The van der Waals surface area contributed by atoms with Crippen LogP contribution >= 0.6 is 0 Å². The number of carbonyl (C=O) groups excluding carboxylic acids is 1. The van der Waals surface area contributed by atoms with E-state index in [4.69, 9.17) is 9.84 Å². The molecule has 2 aromatic carbocycles. The van der Waals surface area contributed by atoms with E-state index in [2.05, 4.69) is 5.32 Å². The lowest BCUT2D eigenvalue weighted by Crippen LogP contribution is -2.14. The minimum atomic E-state index is -0.939. The number of carboxylic acid groups (broad SMARTS) is 1. The van der Waals surface area contributed by atoms with Crippen LogP contribution in [0.1, 0.15) is 35.3 Å². The lowest BCUT2D eigenvalue weighted by Gasteiger charge is -2.11. The zero-order chi connectivity index (χ0) is 17.5. The lowest BCUT2D eigenvalue weighted by atomic mass is 10.1. The molecule has 0 atom stereocenters. The number of benzene rings is 2. The van der Waals surface area contributed by atoms with E-state index >= 15 is 0 Å². The van der Waals surface area contributed by atoms with Crippen LogP contribution in [0.3, 0.4) is 0 Å². The highest BCUT2D eigenvalue weighted by molar-refractivity contribution is 6.04. The van der Waals surface area contributed by atoms with Gasteiger partial charge in [-0.05, 0) is 43.2 Å². The van der Waals surface area contributed by atoms with Gasteiger partial charge in [0.25, 0.3) is 5.91 Å². The predicted molar refractivity (Wildman–Crippen MR) is 92.1 cm³/mol. The summed E-state index contributed by atoms with van der Waals surface area (Å²) >= 11 is 0. The Morgan fingerprint density at radius 2 is 1.75 bits per heavy atom. The number of ether oxygens (including phenoxy) is 1. The molecule has 0 saturated heterocycles. The Kier molecular flexibility index (Phi) is 6.09. The maximum atomic E-state index is 12.3. The third-order valence-corrected chi connectivity index (χ3v) is 3.41. The molecule has 0 bridgehead atoms. The average molecular weight is 327 g/mol. The SMILES string of the molecule is CC(C)OCc1ccc(C(=O)Nc2ccccc2CC(=O)O)cc1. The first kappa shape index (κ1) is 17.7. The first-order chi connectivity index (χ1) is 11.5. The van der Waals surface area contributed by atoms with Gasteiger partial charge in [-0.15, -0.1) is 0 Å². The van der Waals surface area contributed by atoms with Crippen LogP contribution in [0.25, 0.3) is 0 Å². The second-order valence-corrected chi connectivity index (χ2v) is 5.74. The van der Waals surface area contributed by atoms with E-state index in [0.717, 1.165) is 5.56 Å². The van der Waals surface area contributed by atoms with E-state index in [9.17, 15) is 9.59 Å². The van der Waals surface area contributed by atoms with E-state index in [1.807, 2.05) is 26.0 Å². The van der Waals surface area contributed by atoms with Crippen LogP contribution in [-0.4, -0.2) is 23.1 Å². The average Bonchev–Trinajstić information content (AvgIpc) is 2.54. The molecule has 0 fully saturated rings. The molecular weight excluding hydrogens is 306 g/mol. The zero-order valence-electron chi connectivity index (χ0n) is 13.8. The molecule has 2 N–H and O–H groups in total. The highest BCUT2D eigenvalue weighted by Gasteiger charge is 2.11. The first-order valence-electron chi connectivity index (χ1n) is 7.77. The number of carboxylic acids is 1. The van der Waals surface area contributed by atoms with Crippen molar-refractivity contribution in [3.05, 3.63) is 65.2 Å². The van der Waals surface area contributed by atoms with Crippen LogP contribution in [0.5, 0.6) is 0 Å². The van der Waals surface area contributed by atoms with Gasteiger partial charge < -0.3 is 15.2 Å². The number of aliphatic carboxylic acids is 1. The van der Waals surface area contributed by atoms with Gasteiger partial charge in [0.1, 0.15) is 0 Å². The largest absolute Gasteiger partial charge is 0.481 e. The van der Waals surface area contributed by atoms with Crippen molar-refractivity contribution in [2.24, 2.45) is 0 Å². The number of hydrogen-bond donors (Lipinski definition) is 2. The second kappa shape index (κ2) is 8.26. The summed E-state index contributed by atoms with van der Waals surface area (Å²) in [5.74, 6) is -1.21. The highest BCUT2D eigenvalue weighted by Crippen LogP contribution is 2.17. The van der Waals surface area contributed by atoms with Crippen molar-refractivity contribution in [3.8, 4) is 0 Å². The summed E-state index contributed by atoms with van der Waals surface area (Å²) in [4.78, 5) is 23.2. The lowest BCUT2D eigenvalue weighted by molar-refractivity contribution is -0.136. The van der Waals surface area contributed by atoms with Gasteiger partial charge in [0, 0.05) is 11.3 Å². The van der Waals surface area contributed by atoms with Gasteiger partial charge in [-0.2, -0.15) is 0 Å². The Labute approximate surface area is 141 Å². The number of hydrogen-bond acceptors (Lipinski definition) is 3. The van der Waals surface area contributed by atoms with Gasteiger partial charge >= 0.3 is 5.97 Å². The normalized spacial score (nSPS) is 10.6. The molecule has 2 aromatic rings. The van der Waals surface area contributed by atoms with Gasteiger partial charge in [0.2, 0.25) is 0 Å². The summed E-state index contributed by atoms with van der Waals surface area (Å²) in [5, 5.41) is 11.7. The Balaban J connectivity index is 2.06. The molecule has 5 nitrogen and oxygen atoms in total. The molecule has 1 amide bonds. The quantitative estimate of drug-likeness (QED) is 0.816. The molecule has 126 valence electrons. The Morgan fingerprint density at radius 1 is 1.08 bits per heavy atom. The second-order valence-electron chi connectivity index (χ2n) is 5.74. The van der Waals surface area contributed by atoms with E-state index in [-0.39, 0.29) is 18.4 Å². The van der Waals surface area contributed by atoms with Crippen LogP contribution in [-0.2, 0) is 22.6 Å². The minimum absolute atomic E-state index is 0.137. The summed E-state index contributed by atoms with van der Waals surface area (Å²) in [6.45, 7) is 4.44.